The molecule has 0 bridgehead atoms. The molecule has 0 aromatic carbocycles. The van der Waals surface area contributed by atoms with Crippen molar-refractivity contribution in [3.63, 3.8) is 0 Å². The number of carbonyl (C=O) groups is 1. The average molecular weight is 285 g/mol. The van der Waals surface area contributed by atoms with E-state index in [1.807, 2.05) is 0 Å². The van der Waals surface area contributed by atoms with Gasteiger partial charge in [0.2, 0.25) is 0 Å². The third-order valence-electron chi connectivity index (χ3n) is 1.57. The molecule has 2 N–H and O–H groups in total. The van der Waals surface area contributed by atoms with Crippen LogP contribution in [0.25, 0.3) is 0 Å². The summed E-state index contributed by atoms with van der Waals surface area (Å²) in [5.41, 5.74) is 5.67. The molecule has 0 fully saturated rings. The van der Waals surface area contributed by atoms with Gasteiger partial charge in [0.05, 0.1) is 19.6 Å². The van der Waals surface area contributed by atoms with Crippen LogP contribution in [0.1, 0.15) is 18.2 Å². The van der Waals surface area contributed by atoms with Crippen molar-refractivity contribution in [3.05, 3.63) is 22.6 Å². The second-order valence-electron chi connectivity index (χ2n) is 2.53. The first-order valence-corrected chi connectivity index (χ1v) is 4.50. The van der Waals surface area contributed by atoms with E-state index in [4.69, 9.17) is 10.2 Å². The Kier molecular flexibility index (Phi) is 5.83. The molecule has 0 unspecified atom stereocenters. The topological polar surface area (TPSA) is 65.5 Å². The molecule has 14 heavy (non-hydrogen) atoms. The summed E-state index contributed by atoms with van der Waals surface area (Å²) in [4.78, 5) is 10.8. The van der Waals surface area contributed by atoms with Crippen LogP contribution in [-0.2, 0) is 9.53 Å². The lowest BCUT2D eigenvalue weighted by atomic mass is 10.2. The zero-order valence-electron chi connectivity index (χ0n) is 7.53. The van der Waals surface area contributed by atoms with Crippen LogP contribution in [0, 0.1) is 0 Å². The maximum absolute atomic E-state index is 10.8. The fourth-order valence-electron chi connectivity index (χ4n) is 0.891. The molecule has 1 aromatic heterocycles. The molecule has 0 aliphatic rings. The third kappa shape index (κ3) is 3.69. The van der Waals surface area contributed by atoms with Crippen LogP contribution in [-0.4, -0.2) is 13.1 Å². The maximum Gasteiger partial charge on any atom is 0.307 e. The number of carbonyl (C=O) groups excluding carboxylic acids is 1. The highest BCUT2D eigenvalue weighted by atomic mass is 79.9. The van der Waals surface area contributed by atoms with E-state index < -0.39 is 6.04 Å². The molecule has 1 heterocycles. The molecular weight excluding hydrogens is 273 g/mol. The second-order valence-corrected chi connectivity index (χ2v) is 3.31. The van der Waals surface area contributed by atoms with E-state index >= 15 is 0 Å². The Bertz CT molecular complexity index is 303. The summed E-state index contributed by atoms with van der Waals surface area (Å²) in [7, 11) is 1.33. The highest BCUT2D eigenvalue weighted by molar-refractivity contribution is 9.10. The van der Waals surface area contributed by atoms with Gasteiger partial charge in [-0.3, -0.25) is 4.79 Å². The van der Waals surface area contributed by atoms with Crippen LogP contribution < -0.4 is 5.73 Å². The van der Waals surface area contributed by atoms with Crippen molar-refractivity contribution in [2.24, 2.45) is 5.73 Å². The Hall–Kier alpha value is -0.520. The Balaban J connectivity index is 0.00000169. The van der Waals surface area contributed by atoms with E-state index in [9.17, 15) is 4.79 Å². The lowest BCUT2D eigenvalue weighted by Gasteiger charge is -2.05. The molecule has 1 rings (SSSR count). The first-order chi connectivity index (χ1) is 6.13. The largest absolute Gasteiger partial charge is 0.469 e. The van der Waals surface area contributed by atoms with Crippen LogP contribution in [0.5, 0.6) is 0 Å². The van der Waals surface area contributed by atoms with Gasteiger partial charge in [-0.1, -0.05) is 0 Å². The van der Waals surface area contributed by atoms with Gasteiger partial charge < -0.3 is 14.9 Å². The third-order valence-corrected chi connectivity index (χ3v) is 2.00. The molecule has 0 spiro atoms. The number of halogens is 2. The average Bonchev–Trinajstić information content (AvgIpc) is 2.51. The van der Waals surface area contributed by atoms with Crippen LogP contribution in [0.2, 0.25) is 0 Å². The standard InChI is InChI=1S/C8H10BrNO3.ClH/c1-12-8(11)4-5(10)6-2-3-7(9)13-6;/h2-3,5H,4,10H2,1H3;1H/t5-;/m1./s1. The molecule has 1 atom stereocenters. The zero-order chi connectivity index (χ0) is 9.84. The molecule has 0 saturated carbocycles. The number of hydrogen-bond donors (Lipinski definition) is 1. The zero-order valence-corrected chi connectivity index (χ0v) is 9.93. The van der Waals surface area contributed by atoms with Gasteiger partial charge in [0.25, 0.3) is 0 Å². The van der Waals surface area contributed by atoms with Crippen molar-refractivity contribution in [1.82, 2.24) is 0 Å². The molecule has 1 aromatic rings. The predicted molar refractivity (Wildman–Crippen MR) is 57.2 cm³/mol. The fraction of sp³-hybridized carbons (Fsp3) is 0.375. The van der Waals surface area contributed by atoms with Gasteiger partial charge in [0, 0.05) is 0 Å². The van der Waals surface area contributed by atoms with Gasteiger partial charge in [0.1, 0.15) is 5.76 Å². The summed E-state index contributed by atoms with van der Waals surface area (Å²) in [5, 5.41) is 0. The van der Waals surface area contributed by atoms with Gasteiger partial charge in [0.15, 0.2) is 4.67 Å². The highest BCUT2D eigenvalue weighted by Crippen LogP contribution is 2.20. The van der Waals surface area contributed by atoms with Crippen LogP contribution in [0.15, 0.2) is 21.2 Å². The first kappa shape index (κ1) is 13.5. The molecule has 4 nitrogen and oxygen atoms in total. The number of methoxy groups -OCH3 is 1. The van der Waals surface area contributed by atoms with Crippen molar-refractivity contribution in [3.8, 4) is 0 Å². The molecule has 0 aliphatic carbocycles. The molecular formula is C8H11BrClNO3. The van der Waals surface area contributed by atoms with E-state index in [1.165, 1.54) is 7.11 Å². The molecule has 6 heteroatoms. The molecule has 0 amide bonds. The van der Waals surface area contributed by atoms with E-state index in [1.54, 1.807) is 12.1 Å². The quantitative estimate of drug-likeness (QED) is 0.863. The normalized spacial score (nSPS) is 11.6. The number of rotatable bonds is 3. The smallest absolute Gasteiger partial charge is 0.307 e. The van der Waals surface area contributed by atoms with Gasteiger partial charge in [-0.15, -0.1) is 12.4 Å². The van der Waals surface area contributed by atoms with Gasteiger partial charge in [-0.25, -0.2) is 0 Å². The van der Waals surface area contributed by atoms with E-state index in [-0.39, 0.29) is 24.8 Å². The Morgan fingerprint density at radius 3 is 2.79 bits per heavy atom. The molecule has 80 valence electrons. The number of nitrogens with two attached hydrogens (primary N) is 1. The number of esters is 1. The number of hydrogen-bond acceptors (Lipinski definition) is 4. The minimum absolute atomic E-state index is 0. The van der Waals surface area contributed by atoms with Crippen molar-refractivity contribution in [2.45, 2.75) is 12.5 Å². The monoisotopic (exact) mass is 283 g/mol. The van der Waals surface area contributed by atoms with Crippen molar-refractivity contribution in [2.75, 3.05) is 7.11 Å². The van der Waals surface area contributed by atoms with Gasteiger partial charge in [-0.2, -0.15) is 0 Å². The molecule has 0 radical (unpaired) electrons. The van der Waals surface area contributed by atoms with Crippen LogP contribution in [0.4, 0.5) is 0 Å². The van der Waals surface area contributed by atoms with Gasteiger partial charge in [-0.05, 0) is 28.1 Å². The summed E-state index contributed by atoms with van der Waals surface area (Å²) in [6, 6.07) is 3.00. The van der Waals surface area contributed by atoms with Crippen LogP contribution >= 0.6 is 28.3 Å². The Labute approximate surface area is 96.3 Å². The van der Waals surface area contributed by atoms with Crippen molar-refractivity contribution in [1.29, 1.82) is 0 Å². The summed E-state index contributed by atoms with van der Waals surface area (Å²) >= 11 is 3.15. The number of furan rings is 1. The first-order valence-electron chi connectivity index (χ1n) is 3.71. The lowest BCUT2D eigenvalue weighted by Crippen LogP contribution is -2.15. The summed E-state index contributed by atoms with van der Waals surface area (Å²) in [5.74, 6) is 0.220. The summed E-state index contributed by atoms with van der Waals surface area (Å²) in [6.45, 7) is 0. The van der Waals surface area contributed by atoms with Crippen LogP contribution in [0.3, 0.4) is 0 Å². The maximum atomic E-state index is 10.8. The van der Waals surface area contributed by atoms with Gasteiger partial charge >= 0.3 is 5.97 Å². The predicted octanol–water partition coefficient (Wildman–Crippen LogP) is 2.03. The Morgan fingerprint density at radius 2 is 2.36 bits per heavy atom. The second kappa shape index (κ2) is 6.06. The van der Waals surface area contributed by atoms with E-state index in [2.05, 4.69) is 20.7 Å². The minimum atomic E-state index is -0.446. The lowest BCUT2D eigenvalue weighted by molar-refractivity contribution is -0.141. The Morgan fingerprint density at radius 1 is 1.71 bits per heavy atom. The SMILES string of the molecule is COC(=O)C[C@@H](N)c1ccc(Br)o1.Cl. The minimum Gasteiger partial charge on any atom is -0.469 e. The van der Waals surface area contributed by atoms with Crippen molar-refractivity contribution < 1.29 is 13.9 Å². The summed E-state index contributed by atoms with van der Waals surface area (Å²) < 4.78 is 10.3. The number of ether oxygens (including phenoxy) is 1. The van der Waals surface area contributed by atoms with E-state index in [0.717, 1.165) is 0 Å². The van der Waals surface area contributed by atoms with Crippen molar-refractivity contribution >= 4 is 34.3 Å². The fourth-order valence-corrected chi connectivity index (χ4v) is 1.21. The molecule has 0 saturated heterocycles. The highest BCUT2D eigenvalue weighted by Gasteiger charge is 2.14. The molecule has 0 aliphatic heterocycles. The van der Waals surface area contributed by atoms with E-state index in [0.29, 0.717) is 10.4 Å². The summed E-state index contributed by atoms with van der Waals surface area (Å²) in [6.07, 6.45) is 0.121.